The second-order valence-electron chi connectivity index (χ2n) is 11.9. The van der Waals surface area contributed by atoms with Gasteiger partial charge in [0.15, 0.2) is 0 Å². The summed E-state index contributed by atoms with van der Waals surface area (Å²) in [7, 11) is 8.99. The van der Waals surface area contributed by atoms with E-state index in [2.05, 4.69) is 103 Å². The lowest BCUT2D eigenvalue weighted by molar-refractivity contribution is 0.0343. The maximum absolute atomic E-state index is 2.48. The van der Waals surface area contributed by atoms with Crippen LogP contribution in [0.5, 0.6) is 0 Å². The molecule has 1 aromatic carbocycles. The van der Waals surface area contributed by atoms with Gasteiger partial charge in [-0.15, -0.1) is 0 Å². The van der Waals surface area contributed by atoms with E-state index in [0.29, 0.717) is 16.9 Å². The Hall–Kier alpha value is -0.860. The highest BCUT2D eigenvalue weighted by Gasteiger charge is 2.40. The fourth-order valence-electron chi connectivity index (χ4n) is 5.33. The molecule has 160 valence electrons. The molecule has 0 radical (unpaired) electrons. The molecule has 2 unspecified atom stereocenters. The Morgan fingerprint density at radius 2 is 1.43 bits per heavy atom. The van der Waals surface area contributed by atoms with Crippen LogP contribution in [-0.2, 0) is 0 Å². The lowest BCUT2D eigenvalue weighted by atomic mass is 9.62. The lowest BCUT2D eigenvalue weighted by Gasteiger charge is -2.47. The zero-order chi connectivity index (χ0) is 21.1. The Labute approximate surface area is 175 Å². The minimum Gasteiger partial charge on any atom is -0.306 e. The molecule has 1 aliphatic carbocycles. The summed E-state index contributed by atoms with van der Waals surface area (Å²) >= 11 is 0. The van der Waals surface area contributed by atoms with E-state index in [4.69, 9.17) is 0 Å². The summed E-state index contributed by atoms with van der Waals surface area (Å²) in [5.41, 5.74) is 2.23. The van der Waals surface area contributed by atoms with Crippen LogP contribution in [-0.4, -0.2) is 44.0 Å². The molecule has 0 amide bonds. The first-order chi connectivity index (χ1) is 12.9. The van der Waals surface area contributed by atoms with Gasteiger partial charge >= 0.3 is 0 Å². The van der Waals surface area contributed by atoms with E-state index >= 15 is 0 Å². The number of nitrogens with zero attached hydrogens (tertiary/aromatic N) is 2. The van der Waals surface area contributed by atoms with Gasteiger partial charge in [0.2, 0.25) is 0 Å². The molecule has 0 heterocycles. The van der Waals surface area contributed by atoms with Crippen LogP contribution in [0.25, 0.3) is 0 Å². The van der Waals surface area contributed by atoms with Gasteiger partial charge in [-0.25, -0.2) is 0 Å². The third-order valence-electron chi connectivity index (χ3n) is 6.70. The number of benzene rings is 1. The van der Waals surface area contributed by atoms with Crippen molar-refractivity contribution in [1.29, 1.82) is 0 Å². The maximum atomic E-state index is 2.48. The Morgan fingerprint density at radius 1 is 0.857 bits per heavy atom. The minimum atomic E-state index is 0.373. The molecule has 2 rings (SSSR count). The van der Waals surface area contributed by atoms with Crippen molar-refractivity contribution >= 4 is 0 Å². The first-order valence-electron chi connectivity index (χ1n) is 11.3. The van der Waals surface area contributed by atoms with Gasteiger partial charge < -0.3 is 9.80 Å². The summed E-state index contributed by atoms with van der Waals surface area (Å²) in [4.78, 5) is 4.88. The largest absolute Gasteiger partial charge is 0.306 e. The highest BCUT2D eigenvalue weighted by molar-refractivity contribution is 5.19. The van der Waals surface area contributed by atoms with Crippen molar-refractivity contribution in [2.45, 2.75) is 78.8 Å². The molecular weight excluding hydrogens is 340 g/mol. The predicted molar refractivity (Wildman–Crippen MR) is 124 cm³/mol. The van der Waals surface area contributed by atoms with Crippen LogP contribution in [0, 0.1) is 22.7 Å². The van der Waals surface area contributed by atoms with Crippen molar-refractivity contribution in [3.8, 4) is 0 Å². The Morgan fingerprint density at radius 3 is 1.89 bits per heavy atom. The normalized spacial score (nSPS) is 23.0. The molecule has 1 saturated carbocycles. The summed E-state index contributed by atoms with van der Waals surface area (Å²) in [6, 6.07) is 12.3. The van der Waals surface area contributed by atoms with E-state index < -0.39 is 0 Å². The molecule has 0 spiro atoms. The SMILES string of the molecule is CN(C)C(CC(C)(C)CC1CC(C(CC(C)(C)C)N(C)C)C1)c1ccccc1. The summed E-state index contributed by atoms with van der Waals surface area (Å²) in [6.45, 7) is 12.1. The number of hydrogen-bond donors (Lipinski definition) is 0. The van der Waals surface area contributed by atoms with E-state index in [9.17, 15) is 0 Å². The molecule has 2 heteroatoms. The van der Waals surface area contributed by atoms with Crippen molar-refractivity contribution in [3.63, 3.8) is 0 Å². The van der Waals surface area contributed by atoms with E-state index in [-0.39, 0.29) is 0 Å². The van der Waals surface area contributed by atoms with Gasteiger partial charge in [0.1, 0.15) is 0 Å². The van der Waals surface area contributed by atoms with Crippen molar-refractivity contribution in [2.75, 3.05) is 28.2 Å². The highest BCUT2D eigenvalue weighted by atomic mass is 15.1. The summed E-state index contributed by atoms with van der Waals surface area (Å²) in [5.74, 6) is 1.79. The first kappa shape index (κ1) is 23.4. The molecule has 2 nitrogen and oxygen atoms in total. The first-order valence-corrected chi connectivity index (χ1v) is 11.3. The van der Waals surface area contributed by atoms with Crippen LogP contribution in [0.2, 0.25) is 0 Å². The fourth-order valence-corrected chi connectivity index (χ4v) is 5.33. The molecule has 2 atom stereocenters. The molecular formula is C26H46N2. The Kier molecular flexibility index (Phi) is 7.78. The molecule has 0 aromatic heterocycles. The Balaban J connectivity index is 1.93. The topological polar surface area (TPSA) is 6.48 Å². The smallest absolute Gasteiger partial charge is 0.0347 e. The van der Waals surface area contributed by atoms with Gasteiger partial charge in [-0.3, -0.25) is 0 Å². The second kappa shape index (κ2) is 9.30. The van der Waals surface area contributed by atoms with E-state index in [1.165, 1.54) is 37.7 Å². The lowest BCUT2D eigenvalue weighted by Crippen LogP contribution is -2.45. The number of hydrogen-bond acceptors (Lipinski definition) is 2. The molecule has 0 N–H and O–H groups in total. The van der Waals surface area contributed by atoms with Crippen molar-refractivity contribution in [2.24, 2.45) is 22.7 Å². The predicted octanol–water partition coefficient (Wildman–Crippen LogP) is 6.49. The average molecular weight is 387 g/mol. The van der Waals surface area contributed by atoms with Gasteiger partial charge in [-0.1, -0.05) is 65.0 Å². The van der Waals surface area contributed by atoms with Crippen molar-refractivity contribution < 1.29 is 0 Å². The monoisotopic (exact) mass is 386 g/mol. The second-order valence-corrected chi connectivity index (χ2v) is 11.9. The molecule has 0 saturated heterocycles. The van der Waals surface area contributed by atoms with Gasteiger partial charge in [0, 0.05) is 12.1 Å². The van der Waals surface area contributed by atoms with Crippen molar-refractivity contribution in [3.05, 3.63) is 35.9 Å². The van der Waals surface area contributed by atoms with Gasteiger partial charge in [0.05, 0.1) is 0 Å². The van der Waals surface area contributed by atoms with Crippen LogP contribution in [0.1, 0.15) is 78.3 Å². The quantitative estimate of drug-likeness (QED) is 0.478. The maximum Gasteiger partial charge on any atom is 0.0347 e. The number of rotatable bonds is 9. The van der Waals surface area contributed by atoms with Crippen LogP contribution >= 0.6 is 0 Å². The summed E-state index contributed by atoms with van der Waals surface area (Å²) in [6.07, 6.45) is 6.72. The van der Waals surface area contributed by atoms with E-state index in [1.54, 1.807) is 0 Å². The zero-order valence-electron chi connectivity index (χ0n) is 20.1. The standard InChI is InChI=1S/C26H46N2/c1-25(2,3)18-23(27(6)7)22-15-20(16-22)17-26(4,5)19-24(28(8)9)21-13-11-10-12-14-21/h10-14,20,22-24H,15-19H2,1-9H3. The summed E-state index contributed by atoms with van der Waals surface area (Å²) < 4.78 is 0. The van der Waals surface area contributed by atoms with Crippen LogP contribution < -0.4 is 0 Å². The van der Waals surface area contributed by atoms with E-state index in [1.807, 2.05) is 0 Å². The van der Waals surface area contributed by atoms with E-state index in [0.717, 1.165) is 17.9 Å². The third kappa shape index (κ3) is 6.88. The van der Waals surface area contributed by atoms with Gasteiger partial charge in [0.25, 0.3) is 0 Å². The molecule has 0 aliphatic heterocycles. The molecule has 1 aliphatic rings. The molecule has 1 fully saturated rings. The van der Waals surface area contributed by atoms with Crippen LogP contribution in [0.3, 0.4) is 0 Å². The van der Waals surface area contributed by atoms with Gasteiger partial charge in [-0.05, 0) is 88.5 Å². The molecule has 28 heavy (non-hydrogen) atoms. The molecule has 1 aromatic rings. The van der Waals surface area contributed by atoms with Gasteiger partial charge in [-0.2, -0.15) is 0 Å². The Bertz CT molecular complexity index is 576. The third-order valence-corrected chi connectivity index (χ3v) is 6.70. The average Bonchev–Trinajstić information content (AvgIpc) is 2.53. The highest BCUT2D eigenvalue weighted by Crippen LogP contribution is 2.48. The minimum absolute atomic E-state index is 0.373. The van der Waals surface area contributed by atoms with Crippen LogP contribution in [0.15, 0.2) is 30.3 Å². The fraction of sp³-hybridized carbons (Fsp3) is 0.769. The zero-order valence-corrected chi connectivity index (χ0v) is 20.1. The van der Waals surface area contributed by atoms with Crippen LogP contribution in [0.4, 0.5) is 0 Å². The summed E-state index contributed by atoms with van der Waals surface area (Å²) in [5, 5.41) is 0. The molecule has 0 bridgehead atoms. The van der Waals surface area contributed by atoms with Crippen molar-refractivity contribution in [1.82, 2.24) is 9.80 Å².